The van der Waals surface area contributed by atoms with Gasteiger partial charge in [-0.25, -0.2) is 0 Å². The summed E-state index contributed by atoms with van der Waals surface area (Å²) in [7, 11) is 1.62. The number of amides is 1. The first kappa shape index (κ1) is 21.0. The SMILES string of the molecule is COc1ccc(Nc2nnc(S[C@@H](C)C(=O)N[C@](C)(C#N)C(C)C)s2)cc1. The number of aromatic nitrogens is 2. The lowest BCUT2D eigenvalue weighted by atomic mass is 9.90. The van der Waals surface area contributed by atoms with Crippen molar-refractivity contribution in [3.05, 3.63) is 24.3 Å². The van der Waals surface area contributed by atoms with Crippen LogP contribution in [0.25, 0.3) is 0 Å². The van der Waals surface area contributed by atoms with Gasteiger partial charge in [-0.2, -0.15) is 5.26 Å². The van der Waals surface area contributed by atoms with Crippen molar-refractivity contribution in [1.82, 2.24) is 15.5 Å². The molecule has 2 N–H and O–H groups in total. The molecule has 0 aliphatic carbocycles. The lowest BCUT2D eigenvalue weighted by Gasteiger charge is -2.28. The van der Waals surface area contributed by atoms with Crippen molar-refractivity contribution in [3.8, 4) is 11.8 Å². The predicted molar refractivity (Wildman–Crippen MR) is 109 cm³/mol. The van der Waals surface area contributed by atoms with Crippen LogP contribution in [-0.2, 0) is 4.79 Å². The Bertz CT molecular complexity index is 816. The topological polar surface area (TPSA) is 99.9 Å². The van der Waals surface area contributed by atoms with Crippen LogP contribution in [0.5, 0.6) is 5.75 Å². The van der Waals surface area contributed by atoms with E-state index in [-0.39, 0.29) is 11.8 Å². The van der Waals surface area contributed by atoms with Gasteiger partial charge in [0.1, 0.15) is 11.3 Å². The van der Waals surface area contributed by atoms with Crippen molar-refractivity contribution in [2.24, 2.45) is 5.92 Å². The summed E-state index contributed by atoms with van der Waals surface area (Å²) in [5.74, 6) is 0.586. The second kappa shape index (κ2) is 9.06. The van der Waals surface area contributed by atoms with Crippen LogP contribution in [0.3, 0.4) is 0 Å². The molecular formula is C18H23N5O2S2. The average Bonchev–Trinajstić information content (AvgIpc) is 3.08. The molecule has 0 unspecified atom stereocenters. The van der Waals surface area contributed by atoms with Crippen molar-refractivity contribution in [1.29, 1.82) is 5.26 Å². The molecule has 27 heavy (non-hydrogen) atoms. The third-order valence-corrected chi connectivity index (χ3v) is 6.19. The number of benzene rings is 1. The zero-order chi connectivity index (χ0) is 20.0. The minimum Gasteiger partial charge on any atom is -0.497 e. The largest absolute Gasteiger partial charge is 0.497 e. The zero-order valence-corrected chi connectivity index (χ0v) is 17.6. The van der Waals surface area contributed by atoms with Gasteiger partial charge in [-0.15, -0.1) is 10.2 Å². The van der Waals surface area contributed by atoms with Gasteiger partial charge in [-0.3, -0.25) is 4.79 Å². The summed E-state index contributed by atoms with van der Waals surface area (Å²) >= 11 is 2.68. The molecule has 2 rings (SSSR count). The maximum Gasteiger partial charge on any atom is 0.234 e. The summed E-state index contributed by atoms with van der Waals surface area (Å²) in [6.45, 7) is 7.33. The van der Waals surface area contributed by atoms with Crippen LogP contribution in [0, 0.1) is 17.2 Å². The van der Waals surface area contributed by atoms with E-state index in [9.17, 15) is 10.1 Å². The van der Waals surface area contributed by atoms with E-state index < -0.39 is 10.8 Å². The van der Waals surface area contributed by atoms with E-state index in [1.54, 1.807) is 21.0 Å². The fraction of sp³-hybridized carbons (Fsp3) is 0.444. The number of hydrogen-bond acceptors (Lipinski definition) is 8. The number of rotatable bonds is 8. The first-order valence-electron chi connectivity index (χ1n) is 8.42. The van der Waals surface area contributed by atoms with Crippen molar-refractivity contribution < 1.29 is 9.53 Å². The number of carbonyl (C=O) groups excluding carboxylic acids is 1. The molecule has 0 saturated carbocycles. The van der Waals surface area contributed by atoms with E-state index in [1.165, 1.54) is 23.1 Å². The van der Waals surface area contributed by atoms with E-state index in [4.69, 9.17) is 4.74 Å². The van der Waals surface area contributed by atoms with Gasteiger partial charge in [-0.05, 0) is 44.0 Å². The average molecular weight is 406 g/mol. The van der Waals surface area contributed by atoms with Gasteiger partial charge in [0.2, 0.25) is 11.0 Å². The summed E-state index contributed by atoms with van der Waals surface area (Å²) in [6.07, 6.45) is 0. The summed E-state index contributed by atoms with van der Waals surface area (Å²) in [5.41, 5.74) is -0.0234. The first-order chi connectivity index (χ1) is 12.8. The maximum absolute atomic E-state index is 12.4. The lowest BCUT2D eigenvalue weighted by Crippen LogP contribution is -2.51. The van der Waals surface area contributed by atoms with E-state index in [0.29, 0.717) is 9.47 Å². The van der Waals surface area contributed by atoms with E-state index in [1.807, 2.05) is 38.1 Å². The minimum atomic E-state index is -0.895. The Morgan fingerprint density at radius 2 is 1.96 bits per heavy atom. The Labute approximate surface area is 167 Å². The number of nitrogens with one attached hydrogen (secondary N) is 2. The standard InChI is InChI=1S/C18H23N5O2S2/c1-11(2)18(4,10-19)21-15(24)12(3)26-17-23-22-16(27-17)20-13-6-8-14(25-5)9-7-13/h6-9,11-12H,1-5H3,(H,20,22)(H,21,24)/t12-,18+/m0/s1. The van der Waals surface area contributed by atoms with Gasteiger partial charge in [0.25, 0.3) is 0 Å². The second-order valence-corrected chi connectivity index (χ2v) is 9.01. The molecule has 2 aromatic rings. The third kappa shape index (κ3) is 5.58. The summed E-state index contributed by atoms with van der Waals surface area (Å²) in [4.78, 5) is 12.4. The van der Waals surface area contributed by atoms with Crippen LogP contribution < -0.4 is 15.4 Å². The number of nitriles is 1. The van der Waals surface area contributed by atoms with Gasteiger partial charge < -0.3 is 15.4 Å². The molecule has 1 amide bonds. The molecule has 0 aliphatic heterocycles. The molecular weight excluding hydrogens is 382 g/mol. The highest BCUT2D eigenvalue weighted by molar-refractivity contribution is 8.02. The lowest BCUT2D eigenvalue weighted by molar-refractivity contribution is -0.121. The van der Waals surface area contributed by atoms with Gasteiger partial charge >= 0.3 is 0 Å². The third-order valence-electron chi connectivity index (χ3n) is 4.16. The highest BCUT2D eigenvalue weighted by Crippen LogP contribution is 2.31. The zero-order valence-electron chi connectivity index (χ0n) is 15.9. The number of nitrogens with zero attached hydrogens (tertiary/aromatic N) is 3. The van der Waals surface area contributed by atoms with Crippen LogP contribution in [-0.4, -0.2) is 34.0 Å². The van der Waals surface area contributed by atoms with E-state index >= 15 is 0 Å². The number of methoxy groups -OCH3 is 1. The number of thioether (sulfide) groups is 1. The Kier molecular flexibility index (Phi) is 7.05. The van der Waals surface area contributed by atoms with Crippen LogP contribution >= 0.6 is 23.1 Å². The van der Waals surface area contributed by atoms with Gasteiger partial charge in [0, 0.05) is 5.69 Å². The molecule has 1 aromatic heterocycles. The van der Waals surface area contributed by atoms with Crippen LogP contribution in [0.4, 0.5) is 10.8 Å². The van der Waals surface area contributed by atoms with Crippen molar-refractivity contribution in [2.75, 3.05) is 12.4 Å². The number of hydrogen-bond donors (Lipinski definition) is 2. The number of ether oxygens (including phenoxy) is 1. The van der Waals surface area contributed by atoms with E-state index in [0.717, 1.165) is 11.4 Å². The Hall–Kier alpha value is -2.31. The van der Waals surface area contributed by atoms with Gasteiger partial charge in [-0.1, -0.05) is 36.9 Å². The molecule has 0 spiro atoms. The molecule has 144 valence electrons. The molecule has 1 aromatic carbocycles. The molecule has 0 bridgehead atoms. The summed E-state index contributed by atoms with van der Waals surface area (Å²) in [5, 5.41) is 23.8. The maximum atomic E-state index is 12.4. The van der Waals surface area contributed by atoms with Crippen LogP contribution in [0.2, 0.25) is 0 Å². The smallest absolute Gasteiger partial charge is 0.234 e. The minimum absolute atomic E-state index is 0.00507. The monoisotopic (exact) mass is 405 g/mol. The normalized spacial score (nSPS) is 14.1. The summed E-state index contributed by atoms with van der Waals surface area (Å²) in [6, 6.07) is 9.66. The summed E-state index contributed by atoms with van der Waals surface area (Å²) < 4.78 is 5.81. The quantitative estimate of drug-likeness (QED) is 0.644. The van der Waals surface area contributed by atoms with Crippen molar-refractivity contribution in [3.63, 3.8) is 0 Å². The predicted octanol–water partition coefficient (Wildman–Crippen LogP) is 3.83. The second-order valence-electron chi connectivity index (χ2n) is 6.44. The first-order valence-corrected chi connectivity index (χ1v) is 10.1. The van der Waals surface area contributed by atoms with Crippen molar-refractivity contribution >= 4 is 39.8 Å². The Morgan fingerprint density at radius 1 is 1.30 bits per heavy atom. The Morgan fingerprint density at radius 3 is 2.52 bits per heavy atom. The number of carbonyl (C=O) groups is 1. The van der Waals surface area contributed by atoms with Crippen LogP contribution in [0.1, 0.15) is 27.7 Å². The molecule has 9 heteroatoms. The van der Waals surface area contributed by atoms with Gasteiger partial charge in [0.15, 0.2) is 4.34 Å². The molecule has 2 atom stereocenters. The number of anilines is 2. The molecule has 0 aliphatic rings. The fourth-order valence-corrected chi connectivity index (χ4v) is 3.89. The Balaban J connectivity index is 1.96. The van der Waals surface area contributed by atoms with E-state index in [2.05, 4.69) is 26.9 Å². The molecule has 1 heterocycles. The highest BCUT2D eigenvalue weighted by Gasteiger charge is 2.32. The van der Waals surface area contributed by atoms with Crippen LogP contribution in [0.15, 0.2) is 28.6 Å². The highest BCUT2D eigenvalue weighted by atomic mass is 32.2. The van der Waals surface area contributed by atoms with Gasteiger partial charge in [0.05, 0.1) is 18.4 Å². The molecule has 0 fully saturated rings. The molecule has 7 nitrogen and oxygen atoms in total. The molecule has 0 radical (unpaired) electrons. The molecule has 0 saturated heterocycles. The fourth-order valence-electron chi connectivity index (χ4n) is 1.97. The van der Waals surface area contributed by atoms with Crippen molar-refractivity contribution in [2.45, 2.75) is 42.8 Å².